The SMILES string of the molecule is CCCCCCCN1CCC[C@@H](CC)C1C(SC)c1ccnc2ccc(OC)cc12. The van der Waals surface area contributed by atoms with Crippen molar-refractivity contribution in [2.75, 3.05) is 26.5 Å². The van der Waals surface area contributed by atoms with E-state index in [1.54, 1.807) is 7.11 Å². The van der Waals surface area contributed by atoms with Crippen LogP contribution < -0.4 is 4.74 Å². The van der Waals surface area contributed by atoms with E-state index < -0.39 is 0 Å². The Labute approximate surface area is 188 Å². The topological polar surface area (TPSA) is 25.4 Å². The number of unbranched alkanes of at least 4 members (excludes halogenated alkanes) is 4. The van der Waals surface area contributed by atoms with Gasteiger partial charge in [-0.3, -0.25) is 9.88 Å². The van der Waals surface area contributed by atoms with Gasteiger partial charge in [0.15, 0.2) is 0 Å². The number of ether oxygens (including phenoxy) is 1. The van der Waals surface area contributed by atoms with E-state index in [0.29, 0.717) is 11.3 Å². The van der Waals surface area contributed by atoms with Gasteiger partial charge in [0.1, 0.15) is 5.75 Å². The number of likely N-dealkylation sites (tertiary alicyclic amines) is 1. The molecule has 2 aromatic rings. The van der Waals surface area contributed by atoms with Crippen LogP contribution in [-0.4, -0.2) is 42.4 Å². The van der Waals surface area contributed by atoms with Gasteiger partial charge in [0.2, 0.25) is 0 Å². The molecule has 0 saturated carbocycles. The van der Waals surface area contributed by atoms with Crippen LogP contribution in [0.15, 0.2) is 30.5 Å². The van der Waals surface area contributed by atoms with Crippen LogP contribution in [0.3, 0.4) is 0 Å². The van der Waals surface area contributed by atoms with Crippen molar-refractivity contribution in [3.63, 3.8) is 0 Å². The molecule has 0 spiro atoms. The van der Waals surface area contributed by atoms with Gasteiger partial charge in [-0.15, -0.1) is 0 Å². The lowest BCUT2D eigenvalue weighted by Crippen LogP contribution is -2.48. The van der Waals surface area contributed by atoms with Crippen molar-refractivity contribution in [1.29, 1.82) is 0 Å². The molecule has 30 heavy (non-hydrogen) atoms. The van der Waals surface area contributed by atoms with Crippen LogP contribution in [0.25, 0.3) is 10.9 Å². The average molecular weight is 429 g/mol. The summed E-state index contributed by atoms with van der Waals surface area (Å²) in [6.07, 6.45) is 15.0. The molecule has 1 aliphatic heterocycles. The molecule has 1 fully saturated rings. The third-order valence-corrected chi connectivity index (χ3v) is 7.89. The summed E-state index contributed by atoms with van der Waals surface area (Å²) in [4.78, 5) is 7.47. The fourth-order valence-corrected chi connectivity index (χ4v) is 6.34. The zero-order chi connectivity index (χ0) is 21.3. The third-order valence-electron chi connectivity index (χ3n) is 6.85. The highest BCUT2D eigenvalue weighted by molar-refractivity contribution is 7.98. The summed E-state index contributed by atoms with van der Waals surface area (Å²) in [7, 11) is 1.75. The van der Waals surface area contributed by atoms with Crippen LogP contribution in [0, 0.1) is 5.92 Å². The van der Waals surface area contributed by atoms with E-state index >= 15 is 0 Å². The molecule has 1 aromatic heterocycles. The number of fused-ring (bicyclic) bond motifs is 1. The third kappa shape index (κ3) is 5.50. The van der Waals surface area contributed by atoms with E-state index in [2.05, 4.69) is 48.2 Å². The maximum Gasteiger partial charge on any atom is 0.119 e. The molecule has 2 unspecified atom stereocenters. The van der Waals surface area contributed by atoms with E-state index in [-0.39, 0.29) is 0 Å². The van der Waals surface area contributed by atoms with Gasteiger partial charge in [-0.25, -0.2) is 0 Å². The number of piperidine rings is 1. The molecule has 0 aliphatic carbocycles. The first-order chi connectivity index (χ1) is 14.7. The second-order valence-corrected chi connectivity index (χ2v) is 9.67. The second-order valence-electron chi connectivity index (χ2n) is 8.69. The Morgan fingerprint density at radius 3 is 2.73 bits per heavy atom. The Balaban J connectivity index is 1.90. The summed E-state index contributed by atoms with van der Waals surface area (Å²) in [6, 6.07) is 9.15. The number of hydrogen-bond donors (Lipinski definition) is 0. The minimum absolute atomic E-state index is 0.462. The summed E-state index contributed by atoms with van der Waals surface area (Å²) in [5.41, 5.74) is 2.50. The van der Waals surface area contributed by atoms with Crippen LogP contribution in [-0.2, 0) is 0 Å². The number of methoxy groups -OCH3 is 1. The van der Waals surface area contributed by atoms with E-state index in [4.69, 9.17) is 4.74 Å². The highest BCUT2D eigenvalue weighted by atomic mass is 32.2. The van der Waals surface area contributed by atoms with Crippen LogP contribution >= 0.6 is 11.8 Å². The second kappa shape index (κ2) is 12.0. The fraction of sp³-hybridized carbons (Fsp3) is 0.654. The lowest BCUT2D eigenvalue weighted by atomic mass is 9.82. The molecule has 2 heterocycles. The Hall–Kier alpha value is -1.26. The predicted molar refractivity (Wildman–Crippen MR) is 132 cm³/mol. The van der Waals surface area contributed by atoms with Gasteiger partial charge >= 0.3 is 0 Å². The van der Waals surface area contributed by atoms with Crippen LogP contribution in [0.5, 0.6) is 5.75 Å². The molecule has 3 atom stereocenters. The Morgan fingerprint density at radius 2 is 2.00 bits per heavy atom. The zero-order valence-electron chi connectivity index (χ0n) is 19.4. The number of pyridine rings is 1. The monoisotopic (exact) mass is 428 g/mol. The molecule has 1 aliphatic rings. The summed E-state index contributed by atoms with van der Waals surface area (Å²) in [5.74, 6) is 1.68. The average Bonchev–Trinajstić information content (AvgIpc) is 2.79. The van der Waals surface area contributed by atoms with Crippen molar-refractivity contribution < 1.29 is 4.74 Å². The van der Waals surface area contributed by atoms with Crippen molar-refractivity contribution in [1.82, 2.24) is 9.88 Å². The van der Waals surface area contributed by atoms with Crippen LogP contribution in [0.1, 0.15) is 76.0 Å². The summed E-state index contributed by atoms with van der Waals surface area (Å²) in [5, 5.41) is 1.71. The normalized spacial score (nSPS) is 21.1. The van der Waals surface area contributed by atoms with Gasteiger partial charge in [-0.2, -0.15) is 11.8 Å². The Kier molecular flexibility index (Phi) is 9.32. The van der Waals surface area contributed by atoms with Gasteiger partial charge in [-0.05, 0) is 74.4 Å². The molecule has 0 N–H and O–H groups in total. The number of nitrogens with zero attached hydrogens (tertiary/aromatic N) is 2. The van der Waals surface area contributed by atoms with Crippen molar-refractivity contribution in [3.8, 4) is 5.75 Å². The summed E-state index contributed by atoms with van der Waals surface area (Å²) >= 11 is 2.02. The molecule has 0 amide bonds. The molecule has 4 heteroatoms. The largest absolute Gasteiger partial charge is 0.497 e. The molecule has 166 valence electrons. The fourth-order valence-electron chi connectivity index (χ4n) is 5.21. The van der Waals surface area contributed by atoms with E-state index in [0.717, 1.165) is 17.2 Å². The minimum atomic E-state index is 0.462. The van der Waals surface area contributed by atoms with E-state index in [1.165, 1.54) is 75.4 Å². The van der Waals surface area contributed by atoms with Crippen LogP contribution in [0.2, 0.25) is 0 Å². The first-order valence-electron chi connectivity index (χ1n) is 11.9. The summed E-state index contributed by atoms with van der Waals surface area (Å²) in [6.45, 7) is 7.17. The molecule has 3 rings (SSSR count). The van der Waals surface area contributed by atoms with Crippen molar-refractivity contribution >= 4 is 22.7 Å². The lowest BCUT2D eigenvalue weighted by Gasteiger charge is -2.45. The smallest absolute Gasteiger partial charge is 0.119 e. The molecule has 3 nitrogen and oxygen atoms in total. The molecule has 0 bridgehead atoms. The molecular formula is C26H40N2OS. The lowest BCUT2D eigenvalue weighted by molar-refractivity contribution is 0.0860. The van der Waals surface area contributed by atoms with Gasteiger partial charge in [-0.1, -0.05) is 46.0 Å². The quantitative estimate of drug-likeness (QED) is 0.356. The maximum atomic E-state index is 5.54. The van der Waals surface area contributed by atoms with Gasteiger partial charge in [0.05, 0.1) is 12.6 Å². The van der Waals surface area contributed by atoms with Crippen molar-refractivity contribution in [2.24, 2.45) is 5.92 Å². The van der Waals surface area contributed by atoms with Gasteiger partial charge in [0, 0.05) is 22.9 Å². The van der Waals surface area contributed by atoms with Gasteiger partial charge < -0.3 is 4.74 Å². The van der Waals surface area contributed by atoms with Crippen LogP contribution in [0.4, 0.5) is 0 Å². The van der Waals surface area contributed by atoms with Crippen molar-refractivity contribution in [3.05, 3.63) is 36.0 Å². The first kappa shape index (κ1) is 23.4. The highest BCUT2D eigenvalue weighted by Gasteiger charge is 2.37. The molecule has 0 radical (unpaired) electrons. The number of hydrogen-bond acceptors (Lipinski definition) is 4. The van der Waals surface area contributed by atoms with E-state index in [9.17, 15) is 0 Å². The van der Waals surface area contributed by atoms with Crippen molar-refractivity contribution in [2.45, 2.75) is 76.5 Å². The predicted octanol–water partition coefficient (Wildman–Crippen LogP) is 7.11. The Morgan fingerprint density at radius 1 is 1.17 bits per heavy atom. The molecular weight excluding hydrogens is 388 g/mol. The standard InChI is InChI=1S/C26H40N2OS/c1-5-7-8-9-10-17-28-18-11-12-20(6-2)25(28)26(30-4)22-15-16-27-24-14-13-21(29-3)19-23(22)24/h13-16,19-20,25-26H,5-12,17-18H2,1-4H3/t20-,25?,26?/m1/s1. The maximum absolute atomic E-state index is 5.54. The number of thioether (sulfide) groups is 1. The zero-order valence-corrected chi connectivity index (χ0v) is 20.2. The molecule has 1 saturated heterocycles. The molecule has 1 aromatic carbocycles. The van der Waals surface area contributed by atoms with E-state index in [1.807, 2.05) is 24.0 Å². The number of aromatic nitrogens is 1. The Bertz CT molecular complexity index is 781. The summed E-state index contributed by atoms with van der Waals surface area (Å²) < 4.78 is 5.54. The first-order valence-corrected chi connectivity index (χ1v) is 13.2. The number of benzene rings is 1. The minimum Gasteiger partial charge on any atom is -0.497 e. The highest BCUT2D eigenvalue weighted by Crippen LogP contribution is 2.43. The van der Waals surface area contributed by atoms with Gasteiger partial charge in [0.25, 0.3) is 0 Å². The number of rotatable bonds is 11.